The molecule has 1 aromatic rings. The van der Waals surface area contributed by atoms with Crippen LogP contribution in [0.2, 0.25) is 0 Å². The van der Waals surface area contributed by atoms with Gasteiger partial charge in [-0.3, -0.25) is 0 Å². The SMILES string of the molecule is COCCCc1nc(C(F)(F)F)c(CNCC(C)C)s1. The number of nitrogens with one attached hydrogen (secondary N) is 1. The monoisotopic (exact) mass is 310 g/mol. The van der Waals surface area contributed by atoms with E-state index >= 15 is 0 Å². The summed E-state index contributed by atoms with van der Waals surface area (Å²) in [7, 11) is 1.57. The van der Waals surface area contributed by atoms with Crippen molar-refractivity contribution in [3.05, 3.63) is 15.6 Å². The molecule has 1 N–H and O–H groups in total. The second kappa shape index (κ2) is 7.95. The lowest BCUT2D eigenvalue weighted by Gasteiger charge is -2.08. The minimum atomic E-state index is -4.38. The van der Waals surface area contributed by atoms with E-state index < -0.39 is 11.9 Å². The van der Waals surface area contributed by atoms with Crippen LogP contribution in [0, 0.1) is 5.92 Å². The first kappa shape index (κ1) is 17.4. The molecule has 0 atom stereocenters. The average molecular weight is 310 g/mol. The lowest BCUT2D eigenvalue weighted by molar-refractivity contribution is -0.141. The van der Waals surface area contributed by atoms with Crippen molar-refractivity contribution in [1.29, 1.82) is 0 Å². The van der Waals surface area contributed by atoms with Gasteiger partial charge in [0.15, 0.2) is 5.69 Å². The van der Waals surface area contributed by atoms with E-state index in [4.69, 9.17) is 4.74 Å². The van der Waals surface area contributed by atoms with Gasteiger partial charge in [-0.1, -0.05) is 13.8 Å². The van der Waals surface area contributed by atoms with Gasteiger partial charge in [0, 0.05) is 26.7 Å². The van der Waals surface area contributed by atoms with Crippen molar-refractivity contribution in [3.8, 4) is 0 Å². The fraction of sp³-hybridized carbons (Fsp3) is 0.769. The van der Waals surface area contributed by atoms with E-state index in [0.29, 0.717) is 36.9 Å². The second-order valence-corrected chi connectivity index (χ2v) is 6.17. The first-order valence-corrected chi connectivity index (χ1v) is 7.41. The standard InChI is InChI=1S/C13H21F3N2OS/c1-9(2)7-17-8-10-12(13(14,15)16)18-11(20-10)5-4-6-19-3/h9,17H,4-8H2,1-3H3. The fourth-order valence-electron chi connectivity index (χ4n) is 1.69. The molecular formula is C13H21F3N2OS. The van der Waals surface area contributed by atoms with E-state index in [1.54, 1.807) is 7.11 Å². The molecule has 0 saturated heterocycles. The number of aromatic nitrogens is 1. The highest BCUT2D eigenvalue weighted by Gasteiger charge is 2.37. The molecule has 0 bridgehead atoms. The van der Waals surface area contributed by atoms with Crippen molar-refractivity contribution < 1.29 is 17.9 Å². The molecule has 3 nitrogen and oxygen atoms in total. The Kier molecular flexibility index (Phi) is 6.91. The van der Waals surface area contributed by atoms with Gasteiger partial charge in [0.2, 0.25) is 0 Å². The Morgan fingerprint density at radius 2 is 2.05 bits per heavy atom. The average Bonchev–Trinajstić information content (AvgIpc) is 2.72. The van der Waals surface area contributed by atoms with E-state index in [0.717, 1.165) is 11.3 Å². The zero-order valence-electron chi connectivity index (χ0n) is 12.0. The summed E-state index contributed by atoms with van der Waals surface area (Å²) in [5.41, 5.74) is -0.744. The molecule has 0 aliphatic heterocycles. The largest absolute Gasteiger partial charge is 0.434 e. The Morgan fingerprint density at radius 3 is 2.60 bits per heavy atom. The summed E-state index contributed by atoms with van der Waals surface area (Å²) >= 11 is 1.14. The summed E-state index contributed by atoms with van der Waals surface area (Å²) in [6, 6.07) is 0. The summed E-state index contributed by atoms with van der Waals surface area (Å²) in [5.74, 6) is 0.401. The number of methoxy groups -OCH3 is 1. The van der Waals surface area contributed by atoms with Gasteiger partial charge in [0.05, 0.1) is 9.88 Å². The van der Waals surface area contributed by atoms with Crippen LogP contribution in [-0.4, -0.2) is 25.2 Å². The lowest BCUT2D eigenvalue weighted by atomic mass is 10.2. The summed E-state index contributed by atoms with van der Waals surface area (Å²) in [4.78, 5) is 4.02. The van der Waals surface area contributed by atoms with E-state index in [2.05, 4.69) is 10.3 Å². The summed E-state index contributed by atoms with van der Waals surface area (Å²) < 4.78 is 43.7. The van der Waals surface area contributed by atoms with Crippen LogP contribution in [0.4, 0.5) is 13.2 Å². The molecule has 0 radical (unpaired) electrons. The van der Waals surface area contributed by atoms with Gasteiger partial charge in [-0.2, -0.15) is 13.2 Å². The molecule has 116 valence electrons. The number of aryl methyl sites for hydroxylation is 1. The Bertz CT molecular complexity index is 405. The number of nitrogens with zero attached hydrogens (tertiary/aromatic N) is 1. The normalized spacial score (nSPS) is 12.3. The number of ether oxygens (including phenoxy) is 1. The summed E-state index contributed by atoms with van der Waals surface area (Å²) in [6.45, 7) is 5.46. The maximum Gasteiger partial charge on any atom is 0.434 e. The summed E-state index contributed by atoms with van der Waals surface area (Å²) in [5, 5.41) is 3.56. The molecule has 1 heterocycles. The maximum absolute atomic E-state index is 12.9. The number of hydrogen-bond donors (Lipinski definition) is 1. The van der Waals surface area contributed by atoms with Gasteiger partial charge < -0.3 is 10.1 Å². The number of halogens is 3. The third-order valence-electron chi connectivity index (χ3n) is 2.59. The highest BCUT2D eigenvalue weighted by atomic mass is 32.1. The minimum absolute atomic E-state index is 0.217. The molecule has 7 heteroatoms. The van der Waals surface area contributed by atoms with Gasteiger partial charge in [-0.05, 0) is 18.9 Å². The van der Waals surface area contributed by atoms with Gasteiger partial charge in [-0.25, -0.2) is 4.98 Å². The highest BCUT2D eigenvalue weighted by molar-refractivity contribution is 7.11. The highest BCUT2D eigenvalue weighted by Crippen LogP contribution is 2.34. The van der Waals surface area contributed by atoms with Crippen molar-refractivity contribution in [2.45, 2.75) is 39.4 Å². The molecule has 0 aliphatic carbocycles. The molecule has 0 aromatic carbocycles. The first-order chi connectivity index (χ1) is 9.34. The Labute approximate surface area is 121 Å². The minimum Gasteiger partial charge on any atom is -0.385 e. The Hall–Kier alpha value is -0.660. The molecular weight excluding hydrogens is 289 g/mol. The molecule has 0 unspecified atom stereocenters. The topological polar surface area (TPSA) is 34.1 Å². The second-order valence-electron chi connectivity index (χ2n) is 5.00. The smallest absolute Gasteiger partial charge is 0.385 e. The van der Waals surface area contributed by atoms with E-state index in [9.17, 15) is 13.2 Å². The lowest BCUT2D eigenvalue weighted by Crippen LogP contribution is -2.20. The van der Waals surface area contributed by atoms with Crippen molar-refractivity contribution in [2.24, 2.45) is 5.92 Å². The van der Waals surface area contributed by atoms with Crippen molar-refractivity contribution >= 4 is 11.3 Å². The summed E-state index contributed by atoms with van der Waals surface area (Å²) in [6.07, 6.45) is -3.18. The quantitative estimate of drug-likeness (QED) is 0.746. The Morgan fingerprint density at radius 1 is 1.35 bits per heavy atom. The number of rotatable bonds is 8. The van der Waals surface area contributed by atoms with E-state index in [1.165, 1.54) is 0 Å². The van der Waals surface area contributed by atoms with Crippen LogP contribution < -0.4 is 5.32 Å². The van der Waals surface area contributed by atoms with Gasteiger partial charge in [0.25, 0.3) is 0 Å². The zero-order valence-corrected chi connectivity index (χ0v) is 12.8. The molecule has 0 saturated carbocycles. The van der Waals surface area contributed by atoms with Crippen molar-refractivity contribution in [2.75, 3.05) is 20.3 Å². The molecule has 0 aliphatic rings. The molecule has 1 aromatic heterocycles. The number of hydrogen-bond acceptors (Lipinski definition) is 4. The predicted octanol–water partition coefficient (Wildman–Crippen LogP) is 3.49. The van der Waals surface area contributed by atoms with Crippen LogP contribution in [0.25, 0.3) is 0 Å². The number of alkyl halides is 3. The van der Waals surface area contributed by atoms with Crippen LogP contribution in [0.15, 0.2) is 0 Å². The van der Waals surface area contributed by atoms with Crippen LogP contribution in [0.5, 0.6) is 0 Å². The third-order valence-corrected chi connectivity index (χ3v) is 3.70. The van der Waals surface area contributed by atoms with E-state index in [-0.39, 0.29) is 11.4 Å². The molecule has 0 amide bonds. The first-order valence-electron chi connectivity index (χ1n) is 6.60. The maximum atomic E-state index is 12.9. The number of thiazole rings is 1. The van der Waals surface area contributed by atoms with Crippen LogP contribution in [-0.2, 0) is 23.9 Å². The van der Waals surface area contributed by atoms with Crippen LogP contribution in [0.1, 0.15) is 35.8 Å². The molecule has 1 rings (SSSR count). The van der Waals surface area contributed by atoms with Gasteiger partial charge in [0.1, 0.15) is 0 Å². The van der Waals surface area contributed by atoms with Gasteiger partial charge >= 0.3 is 6.18 Å². The Balaban J connectivity index is 2.73. The molecule has 20 heavy (non-hydrogen) atoms. The fourth-order valence-corrected chi connectivity index (χ4v) is 2.79. The van der Waals surface area contributed by atoms with Gasteiger partial charge in [-0.15, -0.1) is 11.3 Å². The molecule has 0 fully saturated rings. The van der Waals surface area contributed by atoms with Crippen molar-refractivity contribution in [1.82, 2.24) is 10.3 Å². The zero-order chi connectivity index (χ0) is 15.2. The van der Waals surface area contributed by atoms with E-state index in [1.807, 2.05) is 13.8 Å². The van der Waals surface area contributed by atoms with Crippen LogP contribution >= 0.6 is 11.3 Å². The van der Waals surface area contributed by atoms with Crippen molar-refractivity contribution in [3.63, 3.8) is 0 Å². The third kappa shape index (κ3) is 5.76. The predicted molar refractivity (Wildman–Crippen MR) is 73.9 cm³/mol. The van der Waals surface area contributed by atoms with Crippen LogP contribution in [0.3, 0.4) is 0 Å². The molecule has 0 spiro atoms.